The van der Waals surface area contributed by atoms with Gasteiger partial charge in [-0.05, 0) is 19.8 Å². The van der Waals surface area contributed by atoms with Crippen molar-refractivity contribution in [3.63, 3.8) is 0 Å². The van der Waals surface area contributed by atoms with E-state index in [1.54, 1.807) is 11.3 Å². The van der Waals surface area contributed by atoms with Crippen LogP contribution in [0.4, 0.5) is 0 Å². The molecule has 0 aliphatic carbocycles. The van der Waals surface area contributed by atoms with Crippen molar-refractivity contribution >= 4 is 34.7 Å². The minimum atomic E-state index is 0.804. The van der Waals surface area contributed by atoms with Gasteiger partial charge in [0.15, 0.2) is 0 Å². The van der Waals surface area contributed by atoms with Crippen molar-refractivity contribution in [2.75, 3.05) is 11.6 Å². The Bertz CT molecular complexity index is 250. The number of hydrogen-bond acceptors (Lipinski definition) is 3. The average molecular weight is 250 g/mol. The lowest BCUT2D eigenvalue weighted by Gasteiger charge is -1.97. The first-order valence-corrected chi connectivity index (χ1v) is 7.34. The summed E-state index contributed by atoms with van der Waals surface area (Å²) in [6.07, 6.45) is 4.99. The number of alkyl halides is 1. The third-order valence-electron chi connectivity index (χ3n) is 1.85. The Morgan fingerprint density at radius 3 is 2.79 bits per heavy atom. The molecule has 0 aliphatic rings. The van der Waals surface area contributed by atoms with Gasteiger partial charge in [-0.2, -0.15) is 0 Å². The minimum absolute atomic E-state index is 0.804. The predicted octanol–water partition coefficient (Wildman–Crippen LogP) is 4.34. The number of aromatic nitrogens is 1. The highest BCUT2D eigenvalue weighted by Gasteiger charge is 1.98. The van der Waals surface area contributed by atoms with Crippen LogP contribution in [0.15, 0.2) is 9.72 Å². The van der Waals surface area contributed by atoms with Crippen molar-refractivity contribution in [3.05, 3.63) is 11.1 Å². The molecule has 14 heavy (non-hydrogen) atoms. The molecule has 0 saturated heterocycles. The predicted molar refractivity (Wildman–Crippen MR) is 66.8 cm³/mol. The summed E-state index contributed by atoms with van der Waals surface area (Å²) in [6.45, 7) is 2.04. The lowest BCUT2D eigenvalue weighted by atomic mass is 10.2. The number of rotatable bonds is 7. The second-order valence-corrected chi connectivity index (χ2v) is 5.78. The second kappa shape index (κ2) is 7.55. The molecule has 0 N–H and O–H groups in total. The maximum Gasteiger partial charge on any atom is 0.150 e. The standard InChI is InChI=1S/C10H16ClNS2/c1-9-8-14-10(12-9)13-7-5-3-2-4-6-11/h8H,2-7H2,1H3. The molecule has 0 bridgehead atoms. The van der Waals surface area contributed by atoms with Crippen molar-refractivity contribution in [3.8, 4) is 0 Å². The summed E-state index contributed by atoms with van der Waals surface area (Å²) in [5.41, 5.74) is 1.14. The Morgan fingerprint density at radius 1 is 1.36 bits per heavy atom. The molecule has 0 aliphatic heterocycles. The molecule has 0 amide bonds. The molecular formula is C10H16ClNS2. The van der Waals surface area contributed by atoms with E-state index in [1.807, 2.05) is 18.7 Å². The summed E-state index contributed by atoms with van der Waals surface area (Å²) in [6, 6.07) is 0. The number of hydrogen-bond donors (Lipinski definition) is 0. The summed E-state index contributed by atoms with van der Waals surface area (Å²) in [5.74, 6) is 1.99. The Hall–Kier alpha value is 0.270. The monoisotopic (exact) mass is 249 g/mol. The van der Waals surface area contributed by atoms with Gasteiger partial charge in [0.2, 0.25) is 0 Å². The van der Waals surface area contributed by atoms with E-state index in [9.17, 15) is 0 Å². The van der Waals surface area contributed by atoms with Crippen LogP contribution in [-0.4, -0.2) is 16.6 Å². The van der Waals surface area contributed by atoms with E-state index in [0.717, 1.165) is 18.0 Å². The SMILES string of the molecule is Cc1csc(SCCCCCCCl)n1. The fraction of sp³-hybridized carbons (Fsp3) is 0.700. The molecule has 0 unspecified atom stereocenters. The van der Waals surface area contributed by atoms with Crippen LogP contribution >= 0.6 is 34.7 Å². The van der Waals surface area contributed by atoms with Crippen LogP contribution in [-0.2, 0) is 0 Å². The third kappa shape index (κ3) is 5.23. The first-order valence-electron chi connectivity index (χ1n) is 4.94. The summed E-state index contributed by atoms with van der Waals surface area (Å²) < 4.78 is 1.21. The molecule has 4 heteroatoms. The van der Waals surface area contributed by atoms with E-state index >= 15 is 0 Å². The highest BCUT2D eigenvalue weighted by molar-refractivity contribution is 8.00. The van der Waals surface area contributed by atoms with E-state index in [0.29, 0.717) is 0 Å². The van der Waals surface area contributed by atoms with Crippen LogP contribution < -0.4 is 0 Å². The number of thioether (sulfide) groups is 1. The van der Waals surface area contributed by atoms with Crippen LogP contribution in [0.1, 0.15) is 31.4 Å². The molecule has 1 nitrogen and oxygen atoms in total. The van der Waals surface area contributed by atoms with Gasteiger partial charge in [-0.15, -0.1) is 22.9 Å². The van der Waals surface area contributed by atoms with E-state index in [-0.39, 0.29) is 0 Å². The molecule has 0 atom stereocenters. The minimum Gasteiger partial charge on any atom is -0.235 e. The van der Waals surface area contributed by atoms with E-state index < -0.39 is 0 Å². The van der Waals surface area contributed by atoms with Gasteiger partial charge in [0.1, 0.15) is 4.34 Å². The molecule has 1 aromatic rings. The van der Waals surface area contributed by atoms with Crippen molar-refractivity contribution in [1.29, 1.82) is 0 Å². The van der Waals surface area contributed by atoms with Crippen molar-refractivity contribution in [1.82, 2.24) is 4.98 Å². The molecular weight excluding hydrogens is 234 g/mol. The number of unbranched alkanes of at least 4 members (excludes halogenated alkanes) is 3. The fourth-order valence-electron chi connectivity index (χ4n) is 1.11. The third-order valence-corrected chi connectivity index (χ3v) is 4.34. The van der Waals surface area contributed by atoms with Gasteiger partial charge in [0.05, 0.1) is 0 Å². The summed E-state index contributed by atoms with van der Waals surface area (Å²) in [7, 11) is 0. The van der Waals surface area contributed by atoms with E-state index in [4.69, 9.17) is 11.6 Å². The zero-order chi connectivity index (χ0) is 10.2. The molecule has 0 fully saturated rings. The van der Waals surface area contributed by atoms with Gasteiger partial charge >= 0.3 is 0 Å². The maximum atomic E-state index is 5.60. The maximum absolute atomic E-state index is 5.60. The average Bonchev–Trinajstić information content (AvgIpc) is 2.58. The van der Waals surface area contributed by atoms with Gasteiger partial charge in [-0.25, -0.2) is 4.98 Å². The van der Waals surface area contributed by atoms with Crippen LogP contribution in [0.3, 0.4) is 0 Å². The first-order chi connectivity index (χ1) is 6.83. The summed E-state index contributed by atoms with van der Waals surface area (Å²) >= 11 is 9.22. The summed E-state index contributed by atoms with van der Waals surface area (Å²) in [4.78, 5) is 4.41. The van der Waals surface area contributed by atoms with Crippen LogP contribution in [0, 0.1) is 6.92 Å². The lowest BCUT2D eigenvalue weighted by molar-refractivity contribution is 0.709. The zero-order valence-electron chi connectivity index (χ0n) is 8.46. The van der Waals surface area contributed by atoms with Gasteiger partial charge in [0, 0.05) is 22.7 Å². The first kappa shape index (κ1) is 12.3. The number of aryl methyl sites for hydroxylation is 1. The molecule has 80 valence electrons. The van der Waals surface area contributed by atoms with Gasteiger partial charge in [0.25, 0.3) is 0 Å². The Morgan fingerprint density at radius 2 is 2.14 bits per heavy atom. The molecule has 1 rings (SSSR count). The topological polar surface area (TPSA) is 12.9 Å². The highest BCUT2D eigenvalue weighted by atomic mass is 35.5. The van der Waals surface area contributed by atoms with Gasteiger partial charge < -0.3 is 0 Å². The largest absolute Gasteiger partial charge is 0.235 e. The van der Waals surface area contributed by atoms with E-state index in [1.165, 1.54) is 29.4 Å². The zero-order valence-corrected chi connectivity index (χ0v) is 10.9. The van der Waals surface area contributed by atoms with Gasteiger partial charge in [-0.3, -0.25) is 0 Å². The Labute approximate surface area is 99.3 Å². The molecule has 1 heterocycles. The second-order valence-electron chi connectivity index (χ2n) is 3.21. The van der Waals surface area contributed by atoms with Crippen LogP contribution in [0.25, 0.3) is 0 Å². The fourth-order valence-corrected chi connectivity index (χ4v) is 3.22. The molecule has 0 aromatic carbocycles. The van der Waals surface area contributed by atoms with Crippen LogP contribution in [0.5, 0.6) is 0 Å². The smallest absolute Gasteiger partial charge is 0.150 e. The summed E-state index contributed by atoms with van der Waals surface area (Å²) in [5, 5.41) is 2.11. The number of halogens is 1. The molecule has 1 aromatic heterocycles. The van der Waals surface area contributed by atoms with Crippen molar-refractivity contribution in [2.24, 2.45) is 0 Å². The van der Waals surface area contributed by atoms with Crippen molar-refractivity contribution in [2.45, 2.75) is 36.9 Å². The molecule has 0 radical (unpaired) electrons. The molecule has 0 spiro atoms. The lowest BCUT2D eigenvalue weighted by Crippen LogP contribution is -1.82. The van der Waals surface area contributed by atoms with Crippen molar-refractivity contribution < 1.29 is 0 Å². The quantitative estimate of drug-likeness (QED) is 0.405. The Kier molecular flexibility index (Phi) is 6.65. The Balaban J connectivity index is 1.99. The van der Waals surface area contributed by atoms with E-state index in [2.05, 4.69) is 10.4 Å². The number of thiazole rings is 1. The molecule has 0 saturated carbocycles. The highest BCUT2D eigenvalue weighted by Crippen LogP contribution is 2.23. The van der Waals surface area contributed by atoms with Crippen LogP contribution in [0.2, 0.25) is 0 Å². The van der Waals surface area contributed by atoms with Gasteiger partial charge in [-0.1, -0.05) is 24.6 Å². The normalized spacial score (nSPS) is 10.7. The number of nitrogens with zero attached hydrogens (tertiary/aromatic N) is 1.